The summed E-state index contributed by atoms with van der Waals surface area (Å²) in [4.78, 5) is 40.8. The molecule has 2 aliphatic heterocycles. The lowest BCUT2D eigenvalue weighted by molar-refractivity contribution is -0.155. The number of ether oxygens (including phenoxy) is 1. The van der Waals surface area contributed by atoms with E-state index < -0.39 is 12.0 Å². The van der Waals surface area contributed by atoms with Gasteiger partial charge in [-0.2, -0.15) is 0 Å². The van der Waals surface area contributed by atoms with Crippen LogP contribution in [0.3, 0.4) is 0 Å². The second-order valence-corrected chi connectivity index (χ2v) is 8.31. The number of para-hydroxylation sites is 1. The molecule has 0 N–H and O–H groups in total. The van der Waals surface area contributed by atoms with Crippen molar-refractivity contribution in [1.82, 2.24) is 4.90 Å². The molecule has 2 aromatic rings. The van der Waals surface area contributed by atoms with Crippen LogP contribution in [-0.2, 0) is 25.5 Å². The van der Waals surface area contributed by atoms with Crippen LogP contribution in [0, 0.1) is 0 Å². The van der Waals surface area contributed by atoms with Gasteiger partial charge >= 0.3 is 5.97 Å². The molecular weight excluding hydrogens is 392 g/mol. The Balaban J connectivity index is 1.42. The molecule has 0 radical (unpaired) electrons. The van der Waals surface area contributed by atoms with Crippen LogP contribution in [0.15, 0.2) is 47.1 Å². The maximum atomic E-state index is 12.8. The molecule has 8 heteroatoms. The fraction of sp³-hybridized carbons (Fsp3) is 0.381. The molecule has 29 heavy (non-hydrogen) atoms. The standard InChI is InChI=1S/C21H22N2O5S/c1-13-10-15-6-3-4-7-16(15)22(13)19(25)11-28-21(26)17-12-29-20(23(17)14(2)24)18-8-5-9-27-18/h3-9,13,17,20H,10-12H2,1-2H3/t13-,17-,20-/m1/s1. The number of anilines is 1. The number of esters is 1. The normalized spacial score (nSPS) is 23.2. The summed E-state index contributed by atoms with van der Waals surface area (Å²) >= 11 is 1.44. The Labute approximate surface area is 173 Å². The molecule has 2 amide bonds. The van der Waals surface area contributed by atoms with Crippen molar-refractivity contribution in [2.45, 2.75) is 37.7 Å². The van der Waals surface area contributed by atoms with Crippen LogP contribution in [0.2, 0.25) is 0 Å². The number of amides is 2. The quantitative estimate of drug-likeness (QED) is 0.716. The van der Waals surface area contributed by atoms with Crippen LogP contribution < -0.4 is 4.90 Å². The van der Waals surface area contributed by atoms with E-state index in [9.17, 15) is 14.4 Å². The molecule has 0 unspecified atom stereocenters. The van der Waals surface area contributed by atoms with Gasteiger partial charge in [0.25, 0.3) is 5.91 Å². The predicted octanol–water partition coefficient (Wildman–Crippen LogP) is 2.76. The fourth-order valence-corrected chi connectivity index (χ4v) is 5.38. The number of hydrogen-bond acceptors (Lipinski definition) is 6. The average Bonchev–Trinajstić information content (AvgIpc) is 3.42. The minimum absolute atomic E-state index is 0.0117. The Morgan fingerprint density at radius 1 is 1.21 bits per heavy atom. The number of thioether (sulfide) groups is 1. The highest BCUT2D eigenvalue weighted by atomic mass is 32.2. The van der Waals surface area contributed by atoms with E-state index in [-0.39, 0.29) is 29.8 Å². The van der Waals surface area contributed by atoms with Crippen LogP contribution in [-0.4, -0.2) is 47.1 Å². The minimum atomic E-state index is -0.747. The molecule has 1 aromatic heterocycles. The third-order valence-electron chi connectivity index (χ3n) is 5.24. The number of rotatable bonds is 4. The highest BCUT2D eigenvalue weighted by Gasteiger charge is 2.43. The van der Waals surface area contributed by atoms with Crippen LogP contribution in [0.25, 0.3) is 0 Å². The maximum absolute atomic E-state index is 12.8. The Bertz CT molecular complexity index is 929. The van der Waals surface area contributed by atoms with Crippen LogP contribution in [0.1, 0.15) is 30.5 Å². The third-order valence-corrected chi connectivity index (χ3v) is 6.52. The van der Waals surface area contributed by atoms with Gasteiger partial charge in [0.1, 0.15) is 17.2 Å². The second-order valence-electron chi connectivity index (χ2n) is 7.20. The second kappa shape index (κ2) is 7.94. The van der Waals surface area contributed by atoms with E-state index >= 15 is 0 Å². The summed E-state index contributed by atoms with van der Waals surface area (Å²) in [5, 5.41) is -0.374. The molecule has 0 aliphatic carbocycles. The molecule has 1 fully saturated rings. The Morgan fingerprint density at radius 2 is 2.00 bits per heavy atom. The fourth-order valence-electron chi connectivity index (χ4n) is 3.97. The summed E-state index contributed by atoms with van der Waals surface area (Å²) in [7, 11) is 0. The van der Waals surface area contributed by atoms with Crippen molar-refractivity contribution in [1.29, 1.82) is 0 Å². The maximum Gasteiger partial charge on any atom is 0.330 e. The van der Waals surface area contributed by atoms with Gasteiger partial charge in [-0.1, -0.05) is 18.2 Å². The summed E-state index contributed by atoms with van der Waals surface area (Å²) in [6, 6.07) is 10.5. The number of furan rings is 1. The van der Waals surface area contributed by atoms with Crippen LogP contribution >= 0.6 is 11.8 Å². The molecule has 3 heterocycles. The zero-order valence-corrected chi connectivity index (χ0v) is 17.1. The van der Waals surface area contributed by atoms with Crippen LogP contribution in [0.4, 0.5) is 5.69 Å². The van der Waals surface area contributed by atoms with Gasteiger partial charge in [0.15, 0.2) is 6.61 Å². The van der Waals surface area contributed by atoms with E-state index in [1.54, 1.807) is 17.0 Å². The van der Waals surface area contributed by atoms with Crippen molar-refractivity contribution >= 4 is 35.2 Å². The molecule has 1 aromatic carbocycles. The van der Waals surface area contributed by atoms with Gasteiger partial charge in [-0.05, 0) is 37.1 Å². The zero-order chi connectivity index (χ0) is 20.5. The third kappa shape index (κ3) is 3.64. The van der Waals surface area contributed by atoms with Gasteiger partial charge in [0.2, 0.25) is 5.91 Å². The first-order valence-electron chi connectivity index (χ1n) is 9.48. The summed E-state index contributed by atoms with van der Waals surface area (Å²) in [6.45, 7) is 3.03. The van der Waals surface area contributed by atoms with Crippen molar-refractivity contribution in [2.24, 2.45) is 0 Å². The molecule has 7 nitrogen and oxygen atoms in total. The number of nitrogens with zero attached hydrogens (tertiary/aromatic N) is 2. The van der Waals surface area contributed by atoms with E-state index in [2.05, 4.69) is 0 Å². The number of hydrogen-bond donors (Lipinski definition) is 0. The average molecular weight is 414 g/mol. The molecule has 152 valence electrons. The Kier molecular flexibility index (Phi) is 5.36. The van der Waals surface area contributed by atoms with E-state index in [1.807, 2.05) is 31.2 Å². The zero-order valence-electron chi connectivity index (χ0n) is 16.2. The molecule has 0 spiro atoms. The first-order chi connectivity index (χ1) is 14.0. The number of carbonyl (C=O) groups is 3. The largest absolute Gasteiger partial charge is 0.466 e. The summed E-state index contributed by atoms with van der Waals surface area (Å²) < 4.78 is 10.8. The SMILES string of the molecule is CC(=O)N1[C@@H](C(=O)OCC(=O)N2c3ccccc3C[C@H]2C)CS[C@@H]1c1ccco1. The number of fused-ring (bicyclic) bond motifs is 1. The smallest absolute Gasteiger partial charge is 0.330 e. The molecule has 0 bridgehead atoms. The number of carbonyl (C=O) groups excluding carboxylic acids is 3. The van der Waals surface area contributed by atoms with Crippen molar-refractivity contribution in [3.8, 4) is 0 Å². The first kappa shape index (κ1) is 19.6. The monoisotopic (exact) mass is 414 g/mol. The van der Waals surface area contributed by atoms with Crippen molar-refractivity contribution in [3.05, 3.63) is 54.0 Å². The topological polar surface area (TPSA) is 80.1 Å². The lowest BCUT2D eigenvalue weighted by Gasteiger charge is -2.26. The molecule has 4 rings (SSSR count). The Morgan fingerprint density at radius 3 is 2.72 bits per heavy atom. The van der Waals surface area contributed by atoms with Gasteiger partial charge < -0.3 is 19.0 Å². The highest BCUT2D eigenvalue weighted by molar-refractivity contribution is 7.99. The summed E-state index contributed by atoms with van der Waals surface area (Å²) in [5.41, 5.74) is 1.97. The first-order valence-corrected chi connectivity index (χ1v) is 10.5. The molecular formula is C21H22N2O5S. The predicted molar refractivity (Wildman–Crippen MR) is 108 cm³/mol. The van der Waals surface area contributed by atoms with Gasteiger partial charge in [0, 0.05) is 24.4 Å². The van der Waals surface area contributed by atoms with E-state index in [1.165, 1.54) is 29.8 Å². The number of benzene rings is 1. The minimum Gasteiger partial charge on any atom is -0.466 e. The molecule has 0 saturated carbocycles. The highest BCUT2D eigenvalue weighted by Crippen LogP contribution is 2.41. The lowest BCUT2D eigenvalue weighted by Crippen LogP contribution is -2.44. The molecule has 2 aliphatic rings. The summed E-state index contributed by atoms with van der Waals surface area (Å²) in [6.07, 6.45) is 2.31. The van der Waals surface area contributed by atoms with Gasteiger partial charge in [0.05, 0.1) is 6.26 Å². The van der Waals surface area contributed by atoms with Crippen molar-refractivity contribution in [2.75, 3.05) is 17.3 Å². The van der Waals surface area contributed by atoms with Gasteiger partial charge in [-0.15, -0.1) is 11.8 Å². The lowest BCUT2D eigenvalue weighted by atomic mass is 10.1. The summed E-state index contributed by atoms with van der Waals surface area (Å²) in [5.74, 6) is -0.0829. The van der Waals surface area contributed by atoms with E-state index in [0.717, 1.165) is 17.7 Å². The van der Waals surface area contributed by atoms with E-state index in [0.29, 0.717) is 11.5 Å². The van der Waals surface area contributed by atoms with Gasteiger partial charge in [-0.3, -0.25) is 9.59 Å². The van der Waals surface area contributed by atoms with E-state index in [4.69, 9.17) is 9.15 Å². The van der Waals surface area contributed by atoms with Crippen molar-refractivity contribution < 1.29 is 23.5 Å². The van der Waals surface area contributed by atoms with Crippen molar-refractivity contribution in [3.63, 3.8) is 0 Å². The van der Waals surface area contributed by atoms with Gasteiger partial charge in [-0.25, -0.2) is 4.79 Å². The van der Waals surface area contributed by atoms with Crippen LogP contribution in [0.5, 0.6) is 0 Å². The molecule has 3 atom stereocenters. The Hall–Kier alpha value is -2.74. The molecule has 1 saturated heterocycles.